The predicted molar refractivity (Wildman–Crippen MR) is 144 cm³/mol. The second-order valence-corrected chi connectivity index (χ2v) is 9.93. The summed E-state index contributed by atoms with van der Waals surface area (Å²) >= 11 is 0. The number of halogens is 1. The summed E-state index contributed by atoms with van der Waals surface area (Å²) in [5, 5.41) is 11.7. The smallest absolute Gasteiger partial charge is 0.303 e. The third kappa shape index (κ3) is 7.24. The first-order valence-electron chi connectivity index (χ1n) is 13.2. The number of aromatic hydroxyl groups is 1. The van der Waals surface area contributed by atoms with Crippen LogP contribution in [0.4, 0.5) is 4.39 Å². The third-order valence-electron chi connectivity index (χ3n) is 6.53. The van der Waals surface area contributed by atoms with E-state index in [0.717, 1.165) is 31.7 Å². The predicted octanol–water partition coefficient (Wildman–Crippen LogP) is 4.13. The molecule has 1 aromatic heterocycles. The Morgan fingerprint density at radius 2 is 1.67 bits per heavy atom. The largest absolute Gasteiger partial charge is 0.507 e. The molecule has 0 bridgehead atoms. The van der Waals surface area contributed by atoms with E-state index in [-0.39, 0.29) is 23.5 Å². The monoisotopic (exact) mass is 586 g/mol. The number of phenols is 1. The lowest BCUT2D eigenvalue weighted by molar-refractivity contribution is -0.275. The molecule has 2 heterocycles. The molecule has 12 heteroatoms. The van der Waals surface area contributed by atoms with Gasteiger partial charge in [0.05, 0.1) is 6.26 Å². The molecule has 0 amide bonds. The average Bonchev–Trinajstić information content (AvgIpc) is 3.37. The second-order valence-electron chi connectivity index (χ2n) is 9.93. The van der Waals surface area contributed by atoms with Crippen molar-refractivity contribution >= 4 is 34.7 Å². The number of esters is 3. The Hall–Kier alpha value is -4.45. The van der Waals surface area contributed by atoms with E-state index in [1.54, 1.807) is 19.3 Å². The molecule has 0 spiro atoms. The van der Waals surface area contributed by atoms with E-state index in [9.17, 15) is 24.3 Å². The van der Waals surface area contributed by atoms with Gasteiger partial charge in [-0.15, -0.1) is 0 Å². The van der Waals surface area contributed by atoms with Crippen LogP contribution in [0.15, 0.2) is 47.1 Å². The summed E-state index contributed by atoms with van der Waals surface area (Å²) in [6.45, 7) is 4.32. The number of hydrogen-bond acceptors (Lipinski definition) is 11. The minimum Gasteiger partial charge on any atom is -0.507 e. The van der Waals surface area contributed by atoms with Crippen LogP contribution in [0.2, 0.25) is 0 Å². The number of carbonyl (C=O) groups excluding carboxylic acids is 4. The van der Waals surface area contributed by atoms with E-state index in [1.807, 2.05) is 18.2 Å². The number of rotatable bonds is 10. The quantitative estimate of drug-likeness (QED) is 0.208. The molecule has 3 aromatic rings. The molecule has 1 N–H and O–H groups in total. The van der Waals surface area contributed by atoms with Crippen LogP contribution in [0.3, 0.4) is 0 Å². The number of Topliss-reactive ketones (excluding diaryl/α,β-unsaturated/α-hetero) is 1. The SMILES string of the molecule is CC(=O)OCC1OC(Oc2cc(C)cc(O)c2C(=O)CCc2ccc3occc3c2)C(OC(C)=O)C(OC(C)=O)C1F. The van der Waals surface area contributed by atoms with Gasteiger partial charge in [0.15, 0.2) is 18.1 Å². The maximum absolute atomic E-state index is 15.5. The van der Waals surface area contributed by atoms with Gasteiger partial charge in [-0.3, -0.25) is 19.2 Å². The molecule has 1 fully saturated rings. The fraction of sp³-hybridized carbons (Fsp3) is 0.400. The highest BCUT2D eigenvalue weighted by Gasteiger charge is 2.52. The molecule has 1 saturated heterocycles. The number of phenolic OH excluding ortho intramolecular Hbond substituents is 1. The van der Waals surface area contributed by atoms with Gasteiger partial charge in [0.1, 0.15) is 35.4 Å². The summed E-state index contributed by atoms with van der Waals surface area (Å²) in [4.78, 5) is 48.6. The Labute approximate surface area is 240 Å². The number of fused-ring (bicyclic) bond motifs is 1. The average molecular weight is 587 g/mol. The Morgan fingerprint density at radius 1 is 0.952 bits per heavy atom. The lowest BCUT2D eigenvalue weighted by Crippen LogP contribution is -2.61. The number of furan rings is 1. The summed E-state index contributed by atoms with van der Waals surface area (Å²) in [6, 6.07) is 10.2. The molecule has 42 heavy (non-hydrogen) atoms. The Kier molecular flexibility index (Phi) is 9.46. The third-order valence-corrected chi connectivity index (χ3v) is 6.53. The minimum atomic E-state index is -2.07. The van der Waals surface area contributed by atoms with Crippen molar-refractivity contribution in [2.45, 2.75) is 71.3 Å². The van der Waals surface area contributed by atoms with Crippen molar-refractivity contribution in [3.63, 3.8) is 0 Å². The summed E-state index contributed by atoms with van der Waals surface area (Å²) in [5.41, 5.74) is 1.92. The van der Waals surface area contributed by atoms with Gasteiger partial charge in [0.25, 0.3) is 0 Å². The molecule has 0 saturated carbocycles. The highest BCUT2D eigenvalue weighted by atomic mass is 19.1. The van der Waals surface area contributed by atoms with Crippen LogP contribution in [-0.2, 0) is 39.8 Å². The molecule has 2 aromatic carbocycles. The fourth-order valence-corrected chi connectivity index (χ4v) is 4.72. The van der Waals surface area contributed by atoms with Gasteiger partial charge in [0, 0.05) is 32.6 Å². The summed E-state index contributed by atoms with van der Waals surface area (Å²) in [5.74, 6) is -3.39. The topological polar surface area (TPSA) is 148 Å². The van der Waals surface area contributed by atoms with Gasteiger partial charge in [0.2, 0.25) is 12.4 Å². The van der Waals surface area contributed by atoms with Gasteiger partial charge in [-0.1, -0.05) is 6.07 Å². The van der Waals surface area contributed by atoms with E-state index < -0.39 is 61.1 Å². The Balaban J connectivity index is 1.64. The molecular formula is C30H31FO11. The van der Waals surface area contributed by atoms with Gasteiger partial charge in [-0.2, -0.15) is 0 Å². The van der Waals surface area contributed by atoms with E-state index in [4.69, 9.17) is 28.1 Å². The van der Waals surface area contributed by atoms with Crippen LogP contribution in [0.1, 0.15) is 48.7 Å². The molecule has 5 unspecified atom stereocenters. The zero-order chi connectivity index (χ0) is 30.6. The van der Waals surface area contributed by atoms with Crippen molar-refractivity contribution in [2.24, 2.45) is 0 Å². The number of ketones is 1. The van der Waals surface area contributed by atoms with Crippen LogP contribution >= 0.6 is 0 Å². The zero-order valence-electron chi connectivity index (χ0n) is 23.5. The molecular weight excluding hydrogens is 555 g/mol. The maximum Gasteiger partial charge on any atom is 0.303 e. The van der Waals surface area contributed by atoms with Gasteiger partial charge in [-0.25, -0.2) is 4.39 Å². The molecule has 4 rings (SSSR count). The van der Waals surface area contributed by atoms with Crippen LogP contribution < -0.4 is 4.74 Å². The standard InChI is InChI=1S/C30H31FO11/c1-15-11-22(36)26(21(35)7-5-19-6-8-23-20(13-19)9-10-37-23)24(12-15)41-30-29(40-18(4)34)28(39-17(3)33)27(31)25(42-30)14-38-16(2)32/h6,8-13,25,27-30,36H,5,7,14H2,1-4H3. The highest BCUT2D eigenvalue weighted by Crippen LogP contribution is 2.36. The maximum atomic E-state index is 15.5. The van der Waals surface area contributed by atoms with Crippen LogP contribution in [-0.4, -0.2) is 66.2 Å². The number of carbonyl (C=O) groups is 4. The minimum absolute atomic E-state index is 0.00700. The first-order valence-corrected chi connectivity index (χ1v) is 13.2. The summed E-state index contributed by atoms with van der Waals surface area (Å²) in [7, 11) is 0. The molecule has 5 atom stereocenters. The molecule has 1 aliphatic rings. The first kappa shape index (κ1) is 30.5. The number of ether oxygens (including phenoxy) is 5. The fourth-order valence-electron chi connectivity index (χ4n) is 4.72. The van der Waals surface area contributed by atoms with Crippen LogP contribution in [0.5, 0.6) is 11.5 Å². The number of aryl methyl sites for hydroxylation is 2. The lowest BCUT2D eigenvalue weighted by atomic mass is 9.98. The zero-order valence-corrected chi connectivity index (χ0v) is 23.5. The van der Waals surface area contributed by atoms with E-state index in [2.05, 4.69) is 0 Å². The molecule has 1 aliphatic heterocycles. The number of benzene rings is 2. The Bertz CT molecular complexity index is 1480. The molecule has 0 radical (unpaired) electrons. The molecule has 11 nitrogen and oxygen atoms in total. The van der Waals surface area contributed by atoms with Crippen molar-refractivity contribution in [2.75, 3.05) is 6.61 Å². The summed E-state index contributed by atoms with van der Waals surface area (Å²) < 4.78 is 47.8. The van der Waals surface area contributed by atoms with Crippen LogP contribution in [0, 0.1) is 6.92 Å². The number of hydrogen-bond donors (Lipinski definition) is 1. The van der Waals surface area contributed by atoms with E-state index in [1.165, 1.54) is 12.1 Å². The second kappa shape index (κ2) is 13.0. The number of alkyl halides is 1. The van der Waals surface area contributed by atoms with Crippen molar-refractivity contribution < 1.29 is 56.8 Å². The Morgan fingerprint density at radius 3 is 2.36 bits per heavy atom. The van der Waals surface area contributed by atoms with Crippen molar-refractivity contribution in [3.05, 3.63) is 59.4 Å². The lowest BCUT2D eigenvalue weighted by Gasteiger charge is -2.41. The van der Waals surface area contributed by atoms with Gasteiger partial charge < -0.3 is 33.2 Å². The normalized spacial score (nSPS) is 21.9. The van der Waals surface area contributed by atoms with E-state index >= 15 is 4.39 Å². The summed E-state index contributed by atoms with van der Waals surface area (Å²) in [6.07, 6.45) is -6.58. The van der Waals surface area contributed by atoms with Crippen molar-refractivity contribution in [1.29, 1.82) is 0 Å². The van der Waals surface area contributed by atoms with Gasteiger partial charge >= 0.3 is 17.9 Å². The molecule has 224 valence electrons. The molecule has 0 aliphatic carbocycles. The van der Waals surface area contributed by atoms with Crippen molar-refractivity contribution in [3.8, 4) is 11.5 Å². The van der Waals surface area contributed by atoms with Gasteiger partial charge in [-0.05, 0) is 54.8 Å². The van der Waals surface area contributed by atoms with E-state index in [0.29, 0.717) is 17.6 Å². The first-order chi connectivity index (χ1) is 19.9. The van der Waals surface area contributed by atoms with Crippen LogP contribution in [0.25, 0.3) is 11.0 Å². The highest BCUT2D eigenvalue weighted by molar-refractivity contribution is 6.01. The van der Waals surface area contributed by atoms with Crippen molar-refractivity contribution in [1.82, 2.24) is 0 Å².